The van der Waals surface area contributed by atoms with Gasteiger partial charge in [-0.3, -0.25) is 9.71 Å². The van der Waals surface area contributed by atoms with Crippen molar-refractivity contribution in [2.75, 3.05) is 25.0 Å². The molecule has 1 aromatic heterocycles. The molecule has 3 aromatic carbocycles. The van der Waals surface area contributed by atoms with Gasteiger partial charge >= 0.3 is 6.36 Å². The molecule has 0 unspecified atom stereocenters. The Kier molecular flexibility index (Phi) is 8.49. The van der Waals surface area contributed by atoms with Crippen molar-refractivity contribution in [3.8, 4) is 28.7 Å². The average Bonchev–Trinajstić information content (AvgIpc) is 2.89. The van der Waals surface area contributed by atoms with Gasteiger partial charge in [0.1, 0.15) is 16.4 Å². The smallest absolute Gasteiger partial charge is 0.493 e. The molecule has 0 aliphatic carbocycles. The Bertz CT molecular complexity index is 1620. The van der Waals surface area contributed by atoms with Gasteiger partial charge in [0.25, 0.3) is 10.0 Å². The number of fused-ring (bicyclic) bond motifs is 1. The molecule has 4 aromatic rings. The van der Waals surface area contributed by atoms with Gasteiger partial charge in [0.05, 0.1) is 24.9 Å². The van der Waals surface area contributed by atoms with E-state index in [-0.39, 0.29) is 17.2 Å². The lowest BCUT2D eigenvalue weighted by atomic mass is 10.1. The summed E-state index contributed by atoms with van der Waals surface area (Å²) in [5.74, 6) is -1.07. The number of ether oxygens (including phenoxy) is 4. The maximum atomic E-state index is 15.0. The van der Waals surface area contributed by atoms with Gasteiger partial charge in [-0.1, -0.05) is 12.1 Å². The normalized spacial score (nSPS) is 11.8. The third-order valence-corrected chi connectivity index (χ3v) is 6.78. The Balaban J connectivity index is 1.58. The Morgan fingerprint density at radius 3 is 2.42 bits per heavy atom. The first-order chi connectivity index (χ1) is 19.0. The molecule has 0 amide bonds. The first-order valence-electron chi connectivity index (χ1n) is 11.7. The molecule has 0 radical (unpaired) electrons. The van der Waals surface area contributed by atoms with Crippen molar-refractivity contribution < 1.29 is 44.9 Å². The SMILES string of the molecule is COc1cc2c(Oc3ccc(NS(=O)(=O)c4ccccc4OC(F)(F)F)cc3F)ccnc2cc1OCCCN. The molecule has 0 fully saturated rings. The molecule has 14 heteroatoms. The maximum Gasteiger partial charge on any atom is 0.573 e. The fraction of sp³-hybridized carbons (Fsp3) is 0.192. The van der Waals surface area contributed by atoms with Crippen LogP contribution >= 0.6 is 0 Å². The summed E-state index contributed by atoms with van der Waals surface area (Å²) in [6, 6.07) is 12.1. The molecule has 9 nitrogen and oxygen atoms in total. The van der Waals surface area contributed by atoms with Crippen LogP contribution in [0.3, 0.4) is 0 Å². The summed E-state index contributed by atoms with van der Waals surface area (Å²) in [6.45, 7) is 0.828. The Morgan fingerprint density at radius 1 is 0.950 bits per heavy atom. The molecular weight excluding hydrogens is 558 g/mol. The van der Waals surface area contributed by atoms with Crippen LogP contribution in [0.1, 0.15) is 6.42 Å². The van der Waals surface area contributed by atoms with Crippen molar-refractivity contribution in [2.24, 2.45) is 5.73 Å². The van der Waals surface area contributed by atoms with E-state index in [1.54, 1.807) is 12.1 Å². The second-order valence-corrected chi connectivity index (χ2v) is 9.82. The predicted molar refractivity (Wildman–Crippen MR) is 138 cm³/mol. The lowest BCUT2D eigenvalue weighted by molar-refractivity contribution is -0.275. The number of halogens is 4. The molecule has 0 saturated heterocycles. The molecule has 0 spiro atoms. The van der Waals surface area contributed by atoms with Crippen molar-refractivity contribution in [2.45, 2.75) is 17.7 Å². The van der Waals surface area contributed by atoms with Gasteiger partial charge in [0.2, 0.25) is 0 Å². The van der Waals surface area contributed by atoms with Crippen LogP contribution in [-0.2, 0) is 10.0 Å². The van der Waals surface area contributed by atoms with Gasteiger partial charge in [0, 0.05) is 23.7 Å². The number of hydrogen-bond acceptors (Lipinski definition) is 8. The van der Waals surface area contributed by atoms with E-state index in [0.717, 1.165) is 18.2 Å². The number of benzene rings is 3. The predicted octanol–water partition coefficient (Wildman–Crippen LogP) is 5.60. The second kappa shape index (κ2) is 11.8. The van der Waals surface area contributed by atoms with Crippen molar-refractivity contribution in [1.82, 2.24) is 4.98 Å². The molecule has 0 aliphatic heterocycles. The van der Waals surface area contributed by atoms with Crippen LogP contribution in [0.5, 0.6) is 28.7 Å². The number of nitrogens with two attached hydrogens (primary N) is 1. The molecular formula is C26H23F4N3O6S. The largest absolute Gasteiger partial charge is 0.573 e. The number of alkyl halides is 3. The molecule has 1 heterocycles. The van der Waals surface area contributed by atoms with Gasteiger partial charge in [-0.05, 0) is 49.4 Å². The third-order valence-electron chi connectivity index (χ3n) is 5.36. The van der Waals surface area contributed by atoms with Crippen molar-refractivity contribution >= 4 is 26.6 Å². The third kappa shape index (κ3) is 6.82. The van der Waals surface area contributed by atoms with Crippen molar-refractivity contribution in [3.05, 3.63) is 72.7 Å². The summed E-state index contributed by atoms with van der Waals surface area (Å²) in [4.78, 5) is 3.51. The van der Waals surface area contributed by atoms with Crippen LogP contribution in [0, 0.1) is 5.82 Å². The number of pyridine rings is 1. The van der Waals surface area contributed by atoms with Crippen LogP contribution < -0.4 is 29.4 Å². The molecule has 4 rings (SSSR count). The Morgan fingerprint density at radius 2 is 1.73 bits per heavy atom. The first-order valence-corrected chi connectivity index (χ1v) is 13.1. The number of rotatable bonds is 11. The molecule has 0 saturated carbocycles. The summed E-state index contributed by atoms with van der Waals surface area (Å²) in [5.41, 5.74) is 5.72. The molecule has 0 atom stereocenters. The Labute approximate surface area is 226 Å². The zero-order valence-corrected chi connectivity index (χ0v) is 21.7. The van der Waals surface area contributed by atoms with Gasteiger partial charge < -0.3 is 24.7 Å². The number of aromatic nitrogens is 1. The second-order valence-electron chi connectivity index (χ2n) is 8.17. The zero-order valence-electron chi connectivity index (χ0n) is 20.9. The van der Waals surface area contributed by atoms with Gasteiger partial charge in [-0.25, -0.2) is 12.8 Å². The highest BCUT2D eigenvalue weighted by atomic mass is 32.2. The number of methoxy groups -OCH3 is 1. The Hall–Kier alpha value is -4.30. The number of nitrogens with one attached hydrogen (secondary N) is 1. The minimum Gasteiger partial charge on any atom is -0.493 e. The van der Waals surface area contributed by atoms with E-state index in [4.69, 9.17) is 19.9 Å². The minimum atomic E-state index is -5.11. The van der Waals surface area contributed by atoms with E-state index in [2.05, 4.69) is 9.72 Å². The average molecular weight is 582 g/mol. The highest BCUT2D eigenvalue weighted by molar-refractivity contribution is 7.92. The highest BCUT2D eigenvalue weighted by Gasteiger charge is 2.34. The van der Waals surface area contributed by atoms with E-state index < -0.39 is 32.8 Å². The van der Waals surface area contributed by atoms with Crippen LogP contribution in [0.25, 0.3) is 10.9 Å². The summed E-state index contributed by atoms with van der Waals surface area (Å²) >= 11 is 0. The van der Waals surface area contributed by atoms with Crippen LogP contribution in [0.2, 0.25) is 0 Å². The van der Waals surface area contributed by atoms with E-state index in [0.29, 0.717) is 42.0 Å². The van der Waals surface area contributed by atoms with Crippen LogP contribution in [0.4, 0.5) is 23.2 Å². The van der Waals surface area contributed by atoms with Crippen molar-refractivity contribution in [1.29, 1.82) is 0 Å². The van der Waals surface area contributed by atoms with E-state index >= 15 is 0 Å². The summed E-state index contributed by atoms with van der Waals surface area (Å²) in [6.07, 6.45) is -3.03. The quantitative estimate of drug-likeness (QED) is 0.173. The molecule has 212 valence electrons. The molecule has 0 aliphatic rings. The first kappa shape index (κ1) is 28.7. The minimum absolute atomic E-state index is 0.224. The zero-order chi connectivity index (χ0) is 28.9. The number of para-hydroxylation sites is 1. The monoisotopic (exact) mass is 581 g/mol. The molecule has 3 N–H and O–H groups in total. The highest BCUT2D eigenvalue weighted by Crippen LogP contribution is 2.38. The lowest BCUT2D eigenvalue weighted by Gasteiger charge is -2.15. The standard InChI is InChI=1S/C26H23F4N3O6S/c1-36-23-14-17-19(15-24(23)37-12-4-10-31)32-11-9-20(17)38-21-8-7-16(13-18(21)27)33-40(34,35)25-6-3-2-5-22(25)39-26(28,29)30/h2-3,5-9,11,13-15,33H,4,10,12,31H2,1H3. The molecule has 40 heavy (non-hydrogen) atoms. The number of anilines is 1. The van der Waals surface area contributed by atoms with Gasteiger partial charge in [0.15, 0.2) is 23.1 Å². The van der Waals surface area contributed by atoms with Crippen LogP contribution in [-0.4, -0.2) is 40.0 Å². The van der Waals surface area contributed by atoms with Crippen LogP contribution in [0.15, 0.2) is 71.8 Å². The van der Waals surface area contributed by atoms with E-state index in [9.17, 15) is 26.0 Å². The summed E-state index contributed by atoms with van der Waals surface area (Å²) < 4.78 is 101. The van der Waals surface area contributed by atoms with Crippen molar-refractivity contribution in [3.63, 3.8) is 0 Å². The number of hydrogen-bond donors (Lipinski definition) is 2. The number of nitrogens with zero attached hydrogens (tertiary/aromatic N) is 1. The fourth-order valence-electron chi connectivity index (χ4n) is 3.61. The lowest BCUT2D eigenvalue weighted by Crippen LogP contribution is -2.20. The van der Waals surface area contributed by atoms with E-state index in [1.807, 2.05) is 4.72 Å². The van der Waals surface area contributed by atoms with E-state index in [1.165, 1.54) is 43.6 Å². The topological polar surface area (TPSA) is 122 Å². The summed E-state index contributed by atoms with van der Waals surface area (Å²) in [7, 11) is -3.12. The molecule has 0 bridgehead atoms. The van der Waals surface area contributed by atoms with Gasteiger partial charge in [-0.15, -0.1) is 13.2 Å². The maximum absolute atomic E-state index is 15.0. The fourth-order valence-corrected chi connectivity index (χ4v) is 4.79. The van der Waals surface area contributed by atoms with Gasteiger partial charge in [-0.2, -0.15) is 0 Å². The summed E-state index contributed by atoms with van der Waals surface area (Å²) in [5, 5.41) is 0.482. The number of sulfonamides is 1.